The van der Waals surface area contributed by atoms with Gasteiger partial charge in [0.05, 0.1) is 16.1 Å². The molecular weight excluding hydrogens is 184 g/mol. The minimum Gasteiger partial charge on any atom is -0.359 e. The summed E-state index contributed by atoms with van der Waals surface area (Å²) in [6.45, 7) is 7.19. The predicted molar refractivity (Wildman–Crippen MR) is 53.6 cm³/mol. The molecule has 0 saturated heterocycles. The lowest BCUT2D eigenvalue weighted by molar-refractivity contribution is 1.28. The molecule has 13 heavy (non-hydrogen) atoms. The van der Waals surface area contributed by atoms with Gasteiger partial charge in [-0.2, -0.15) is 0 Å². The zero-order valence-corrected chi connectivity index (χ0v) is 7.60. The van der Waals surface area contributed by atoms with Gasteiger partial charge >= 0.3 is 0 Å². The van der Waals surface area contributed by atoms with Crippen LogP contribution in [0, 0.1) is 6.57 Å². The summed E-state index contributed by atoms with van der Waals surface area (Å²) in [5, 5.41) is 1.75. The predicted octanol–water partition coefficient (Wildman–Crippen LogP) is 3.24. The number of nitrogens with zero attached hydrogens (tertiary/aromatic N) is 1. The van der Waals surface area contributed by atoms with Crippen LogP contribution in [0.1, 0.15) is 5.56 Å². The van der Waals surface area contributed by atoms with E-state index in [9.17, 15) is 0 Å². The number of hydrogen-bond acceptors (Lipinski definition) is 0. The molecular formula is C10H7ClN2. The molecule has 0 atom stereocenters. The average Bonchev–Trinajstić information content (AvgIpc) is 2.51. The Hall–Kier alpha value is -1.46. The van der Waals surface area contributed by atoms with Crippen molar-refractivity contribution in [3.05, 3.63) is 46.4 Å². The molecule has 0 aliphatic carbocycles. The van der Waals surface area contributed by atoms with E-state index in [1.807, 2.05) is 24.4 Å². The monoisotopic (exact) mass is 190 g/mol. The van der Waals surface area contributed by atoms with Crippen LogP contribution in [0.5, 0.6) is 0 Å². The zero-order chi connectivity index (χ0) is 9.26. The van der Waals surface area contributed by atoms with Crippen LogP contribution in [0.3, 0.4) is 0 Å². The van der Waals surface area contributed by atoms with E-state index in [-0.39, 0.29) is 0 Å². The van der Waals surface area contributed by atoms with E-state index in [0.29, 0.717) is 11.6 Å². The molecule has 2 aromatic rings. The molecule has 0 aliphatic heterocycles. The van der Waals surface area contributed by atoms with Crippen molar-refractivity contribution < 1.29 is 0 Å². The molecule has 3 heteroatoms. The van der Waals surface area contributed by atoms with E-state index >= 15 is 0 Å². The lowest BCUT2D eigenvalue weighted by Gasteiger charge is -1.92. The van der Waals surface area contributed by atoms with E-state index < -0.39 is 0 Å². The van der Waals surface area contributed by atoms with Gasteiger partial charge < -0.3 is 9.83 Å². The van der Waals surface area contributed by atoms with Gasteiger partial charge in [0.15, 0.2) is 0 Å². The largest absolute Gasteiger partial charge is 0.359 e. The first-order valence-corrected chi connectivity index (χ1v) is 4.28. The highest BCUT2D eigenvalue weighted by Gasteiger charge is 2.06. The fourth-order valence-electron chi connectivity index (χ4n) is 1.39. The van der Waals surface area contributed by atoms with E-state index in [1.165, 1.54) is 0 Å². The first-order valence-electron chi connectivity index (χ1n) is 3.90. The summed E-state index contributed by atoms with van der Waals surface area (Å²) in [5.41, 5.74) is 1.93. The third kappa shape index (κ3) is 1.28. The topological polar surface area (TPSA) is 20.1 Å². The molecule has 2 nitrogen and oxygen atoms in total. The summed E-state index contributed by atoms with van der Waals surface area (Å²) in [5.74, 6) is 0. The molecule has 1 heterocycles. The van der Waals surface area contributed by atoms with Crippen molar-refractivity contribution >= 4 is 22.5 Å². The molecule has 1 N–H and O–H groups in total. The van der Waals surface area contributed by atoms with Gasteiger partial charge in [0.2, 0.25) is 6.54 Å². The molecule has 1 aromatic heterocycles. The summed E-state index contributed by atoms with van der Waals surface area (Å²) in [6.07, 6.45) is 1.84. The smallest absolute Gasteiger partial charge is 0.241 e. The van der Waals surface area contributed by atoms with Gasteiger partial charge in [-0.3, -0.25) is 0 Å². The first kappa shape index (κ1) is 8.15. The number of para-hydroxylation sites is 1. The van der Waals surface area contributed by atoms with Crippen LogP contribution >= 0.6 is 11.6 Å². The lowest BCUT2D eigenvalue weighted by Crippen LogP contribution is -1.74. The summed E-state index contributed by atoms with van der Waals surface area (Å²) in [4.78, 5) is 6.41. The first-order chi connectivity index (χ1) is 6.33. The second-order valence-electron chi connectivity index (χ2n) is 2.79. The molecule has 0 aliphatic rings. The third-order valence-electron chi connectivity index (χ3n) is 2.00. The quantitative estimate of drug-likeness (QED) is 0.667. The number of nitrogens with one attached hydrogen (secondary N) is 1. The second kappa shape index (κ2) is 3.12. The van der Waals surface area contributed by atoms with Crippen LogP contribution in [0.4, 0.5) is 0 Å². The molecule has 64 valence electrons. The highest BCUT2D eigenvalue weighted by Crippen LogP contribution is 2.25. The van der Waals surface area contributed by atoms with Crippen molar-refractivity contribution in [2.75, 3.05) is 0 Å². The molecule has 0 spiro atoms. The van der Waals surface area contributed by atoms with E-state index in [0.717, 1.165) is 16.5 Å². The molecule has 0 saturated carbocycles. The van der Waals surface area contributed by atoms with Crippen LogP contribution in [-0.4, -0.2) is 4.98 Å². The number of benzene rings is 1. The minimum absolute atomic E-state index is 0.403. The maximum atomic E-state index is 6.79. The van der Waals surface area contributed by atoms with Gasteiger partial charge in [-0.15, -0.1) is 0 Å². The Morgan fingerprint density at radius 3 is 3.08 bits per heavy atom. The number of H-pyrrole nitrogens is 1. The molecule has 2 rings (SSSR count). The SMILES string of the molecule is [C-]#[N+]Cc1c[nH]c2c(Cl)cccc12. The average molecular weight is 191 g/mol. The van der Waals surface area contributed by atoms with Crippen molar-refractivity contribution in [3.8, 4) is 0 Å². The van der Waals surface area contributed by atoms with Crippen LogP contribution in [0.2, 0.25) is 5.02 Å². The third-order valence-corrected chi connectivity index (χ3v) is 2.31. The van der Waals surface area contributed by atoms with Crippen molar-refractivity contribution in [1.82, 2.24) is 4.98 Å². The van der Waals surface area contributed by atoms with E-state index in [2.05, 4.69) is 9.83 Å². The van der Waals surface area contributed by atoms with Crippen molar-refractivity contribution in [2.24, 2.45) is 0 Å². The molecule has 0 radical (unpaired) electrons. The summed E-state index contributed by atoms with van der Waals surface area (Å²) in [7, 11) is 0. The summed E-state index contributed by atoms with van der Waals surface area (Å²) < 4.78 is 0. The Labute approximate surface area is 81.0 Å². The standard InChI is InChI=1S/C10H7ClN2/c1-12-5-7-6-13-10-8(7)3-2-4-9(10)11/h2-4,6,13H,5H2. The van der Waals surface area contributed by atoms with Gasteiger partial charge in [-0.25, -0.2) is 6.57 Å². The van der Waals surface area contributed by atoms with E-state index in [1.54, 1.807) is 0 Å². The van der Waals surface area contributed by atoms with Crippen LogP contribution in [0.15, 0.2) is 24.4 Å². The number of hydrogen-bond donors (Lipinski definition) is 1. The molecule has 0 bridgehead atoms. The maximum Gasteiger partial charge on any atom is 0.241 e. The van der Waals surface area contributed by atoms with Crippen LogP contribution < -0.4 is 0 Å². The number of fused-ring (bicyclic) bond motifs is 1. The Balaban J connectivity index is 2.70. The molecule has 0 unspecified atom stereocenters. The van der Waals surface area contributed by atoms with Gasteiger partial charge in [-0.1, -0.05) is 23.7 Å². The zero-order valence-electron chi connectivity index (χ0n) is 6.84. The summed E-state index contributed by atoms with van der Waals surface area (Å²) in [6, 6.07) is 5.70. The Bertz CT molecular complexity index is 479. The highest BCUT2D eigenvalue weighted by molar-refractivity contribution is 6.35. The Morgan fingerprint density at radius 2 is 2.31 bits per heavy atom. The van der Waals surface area contributed by atoms with Gasteiger partial charge in [0, 0.05) is 11.6 Å². The number of rotatable bonds is 1. The van der Waals surface area contributed by atoms with Crippen LogP contribution in [0.25, 0.3) is 15.7 Å². The number of aromatic amines is 1. The molecule has 0 amide bonds. The molecule has 1 aromatic carbocycles. The minimum atomic E-state index is 0.403. The highest BCUT2D eigenvalue weighted by atomic mass is 35.5. The fraction of sp³-hybridized carbons (Fsp3) is 0.100. The number of aromatic nitrogens is 1. The number of halogens is 1. The normalized spacial score (nSPS) is 10.2. The van der Waals surface area contributed by atoms with E-state index in [4.69, 9.17) is 18.2 Å². The van der Waals surface area contributed by atoms with Gasteiger partial charge in [0.25, 0.3) is 0 Å². The van der Waals surface area contributed by atoms with Crippen molar-refractivity contribution in [2.45, 2.75) is 6.54 Å². The Morgan fingerprint density at radius 1 is 1.46 bits per heavy atom. The molecule has 0 fully saturated rings. The second-order valence-corrected chi connectivity index (χ2v) is 3.20. The van der Waals surface area contributed by atoms with Gasteiger partial charge in [-0.05, 0) is 6.07 Å². The van der Waals surface area contributed by atoms with Gasteiger partial charge in [0.1, 0.15) is 0 Å². The van der Waals surface area contributed by atoms with Crippen molar-refractivity contribution in [1.29, 1.82) is 0 Å². The summed E-state index contributed by atoms with van der Waals surface area (Å²) >= 11 is 5.96. The fourth-order valence-corrected chi connectivity index (χ4v) is 1.62. The van der Waals surface area contributed by atoms with Crippen molar-refractivity contribution in [3.63, 3.8) is 0 Å². The van der Waals surface area contributed by atoms with Crippen LogP contribution in [-0.2, 0) is 6.54 Å². The Kier molecular flexibility index (Phi) is 1.96. The lowest BCUT2D eigenvalue weighted by atomic mass is 10.2. The maximum absolute atomic E-state index is 6.79.